The second kappa shape index (κ2) is 13.2. The zero-order chi connectivity index (χ0) is 21.1. The number of amides is 1. The van der Waals surface area contributed by atoms with Crippen LogP contribution in [0.2, 0.25) is 0 Å². The first-order valence-electron chi connectivity index (χ1n) is 9.72. The first-order chi connectivity index (χ1) is 13.9. The molecule has 2 aromatic rings. The number of guanidine groups is 1. The quantitative estimate of drug-likeness (QED) is 0.175. The van der Waals surface area contributed by atoms with E-state index in [1.807, 2.05) is 37.3 Å². The van der Waals surface area contributed by atoms with Gasteiger partial charge in [0, 0.05) is 19.6 Å². The first kappa shape index (κ1) is 25.8. The van der Waals surface area contributed by atoms with Gasteiger partial charge in [-0.3, -0.25) is 4.79 Å². The van der Waals surface area contributed by atoms with Crippen LogP contribution < -0.4 is 16.0 Å². The van der Waals surface area contributed by atoms with E-state index in [4.69, 9.17) is 0 Å². The molecule has 0 fully saturated rings. The van der Waals surface area contributed by atoms with Gasteiger partial charge in [-0.2, -0.15) is 0 Å². The topological polar surface area (TPSA) is 85.8 Å². The summed E-state index contributed by atoms with van der Waals surface area (Å²) < 4.78 is 12.9. The molecule has 30 heavy (non-hydrogen) atoms. The minimum Gasteiger partial charge on any atom is -0.384 e. The van der Waals surface area contributed by atoms with Crippen LogP contribution in [-0.2, 0) is 16.8 Å². The summed E-state index contributed by atoms with van der Waals surface area (Å²) in [6.07, 6.45) is 0.203. The molecule has 164 valence electrons. The van der Waals surface area contributed by atoms with Crippen LogP contribution in [0, 0.1) is 5.82 Å². The van der Waals surface area contributed by atoms with Crippen LogP contribution in [0.5, 0.6) is 0 Å². The summed E-state index contributed by atoms with van der Waals surface area (Å²) in [5, 5.41) is 19.7. The van der Waals surface area contributed by atoms with Gasteiger partial charge in [0.05, 0.1) is 13.0 Å². The summed E-state index contributed by atoms with van der Waals surface area (Å²) in [7, 11) is 0. The highest BCUT2D eigenvalue weighted by Crippen LogP contribution is 2.20. The molecule has 0 radical (unpaired) electrons. The Morgan fingerprint density at radius 3 is 2.30 bits per heavy atom. The highest BCUT2D eigenvalue weighted by molar-refractivity contribution is 14.0. The second-order valence-electron chi connectivity index (χ2n) is 6.92. The summed E-state index contributed by atoms with van der Waals surface area (Å²) in [6, 6.07) is 15.3. The Morgan fingerprint density at radius 1 is 1.03 bits per heavy atom. The molecule has 0 aliphatic carbocycles. The molecule has 0 saturated heterocycles. The molecule has 4 N–H and O–H groups in total. The molecule has 0 aliphatic heterocycles. The predicted molar refractivity (Wildman–Crippen MR) is 129 cm³/mol. The van der Waals surface area contributed by atoms with E-state index in [0.717, 1.165) is 11.1 Å². The van der Waals surface area contributed by atoms with Gasteiger partial charge in [0.1, 0.15) is 11.4 Å². The lowest BCUT2D eigenvalue weighted by Gasteiger charge is -2.22. The number of carbonyl (C=O) groups excluding carboxylic acids is 1. The predicted octanol–water partition coefficient (Wildman–Crippen LogP) is 2.57. The number of hydrogen-bond donors (Lipinski definition) is 4. The SMILES string of the molecule is CCNC(=NCC(C)(O)c1ccccc1)NCCNC(=O)Cc1ccc(F)cc1.I. The summed E-state index contributed by atoms with van der Waals surface area (Å²) >= 11 is 0. The van der Waals surface area contributed by atoms with Crippen LogP contribution in [-0.4, -0.2) is 43.2 Å². The maximum Gasteiger partial charge on any atom is 0.224 e. The lowest BCUT2D eigenvalue weighted by molar-refractivity contribution is -0.120. The zero-order valence-electron chi connectivity index (χ0n) is 17.3. The lowest BCUT2D eigenvalue weighted by atomic mass is 9.96. The number of hydrogen-bond acceptors (Lipinski definition) is 3. The Bertz CT molecular complexity index is 799. The van der Waals surface area contributed by atoms with Crippen LogP contribution >= 0.6 is 24.0 Å². The highest BCUT2D eigenvalue weighted by atomic mass is 127. The number of carbonyl (C=O) groups is 1. The monoisotopic (exact) mass is 528 g/mol. The minimum absolute atomic E-state index is 0. The fourth-order valence-corrected chi connectivity index (χ4v) is 2.70. The molecule has 0 heterocycles. The van der Waals surface area contributed by atoms with Crippen LogP contribution in [0.4, 0.5) is 4.39 Å². The third kappa shape index (κ3) is 9.08. The largest absolute Gasteiger partial charge is 0.384 e. The van der Waals surface area contributed by atoms with Crippen molar-refractivity contribution in [1.29, 1.82) is 0 Å². The van der Waals surface area contributed by atoms with E-state index in [0.29, 0.717) is 25.6 Å². The van der Waals surface area contributed by atoms with Crippen molar-refractivity contribution in [2.24, 2.45) is 4.99 Å². The van der Waals surface area contributed by atoms with Crippen LogP contribution in [0.3, 0.4) is 0 Å². The number of aliphatic hydroxyl groups is 1. The Labute approximate surface area is 194 Å². The van der Waals surface area contributed by atoms with Gasteiger partial charge in [0.2, 0.25) is 5.91 Å². The van der Waals surface area contributed by atoms with Crippen molar-refractivity contribution in [1.82, 2.24) is 16.0 Å². The van der Waals surface area contributed by atoms with Crippen molar-refractivity contribution in [3.63, 3.8) is 0 Å². The molecule has 6 nitrogen and oxygen atoms in total. The number of halogens is 2. The Morgan fingerprint density at radius 2 is 1.67 bits per heavy atom. The first-order valence-corrected chi connectivity index (χ1v) is 9.72. The summed E-state index contributed by atoms with van der Waals surface area (Å²) in [6.45, 7) is 5.45. The Kier molecular flexibility index (Phi) is 11.3. The van der Waals surface area contributed by atoms with Gasteiger partial charge in [-0.05, 0) is 37.1 Å². The molecule has 0 aromatic heterocycles. The molecule has 2 aromatic carbocycles. The fraction of sp³-hybridized carbons (Fsp3) is 0.364. The van der Waals surface area contributed by atoms with Gasteiger partial charge in [0.25, 0.3) is 0 Å². The average molecular weight is 528 g/mol. The second-order valence-corrected chi connectivity index (χ2v) is 6.92. The lowest BCUT2D eigenvalue weighted by Crippen LogP contribution is -2.42. The third-order valence-electron chi connectivity index (χ3n) is 4.30. The van der Waals surface area contributed by atoms with Crippen LogP contribution in [0.15, 0.2) is 59.6 Å². The summed E-state index contributed by atoms with van der Waals surface area (Å²) in [5.41, 5.74) is 0.482. The van der Waals surface area contributed by atoms with Crippen molar-refractivity contribution < 1.29 is 14.3 Å². The molecule has 0 bridgehead atoms. The van der Waals surface area contributed by atoms with E-state index in [9.17, 15) is 14.3 Å². The maximum atomic E-state index is 12.9. The van der Waals surface area contributed by atoms with Gasteiger partial charge in [-0.25, -0.2) is 9.38 Å². The van der Waals surface area contributed by atoms with Crippen LogP contribution in [0.25, 0.3) is 0 Å². The van der Waals surface area contributed by atoms with E-state index in [-0.39, 0.29) is 48.7 Å². The van der Waals surface area contributed by atoms with Gasteiger partial charge >= 0.3 is 0 Å². The van der Waals surface area contributed by atoms with Gasteiger partial charge in [-0.1, -0.05) is 42.5 Å². The normalized spacial score (nSPS) is 13.0. The summed E-state index contributed by atoms with van der Waals surface area (Å²) in [4.78, 5) is 16.4. The van der Waals surface area contributed by atoms with E-state index >= 15 is 0 Å². The molecule has 0 aliphatic rings. The van der Waals surface area contributed by atoms with E-state index in [2.05, 4.69) is 20.9 Å². The number of nitrogens with zero attached hydrogens (tertiary/aromatic N) is 1. The fourth-order valence-electron chi connectivity index (χ4n) is 2.70. The zero-order valence-corrected chi connectivity index (χ0v) is 19.7. The van der Waals surface area contributed by atoms with Crippen molar-refractivity contribution >= 4 is 35.8 Å². The maximum absolute atomic E-state index is 12.9. The van der Waals surface area contributed by atoms with E-state index in [1.165, 1.54) is 12.1 Å². The van der Waals surface area contributed by atoms with Crippen molar-refractivity contribution in [2.45, 2.75) is 25.9 Å². The molecule has 1 unspecified atom stereocenters. The van der Waals surface area contributed by atoms with E-state index < -0.39 is 5.60 Å². The molecule has 0 spiro atoms. The molecule has 1 amide bonds. The summed E-state index contributed by atoms with van der Waals surface area (Å²) in [5.74, 6) is 0.115. The van der Waals surface area contributed by atoms with Gasteiger partial charge < -0.3 is 21.1 Å². The molecule has 1 atom stereocenters. The average Bonchev–Trinajstić information content (AvgIpc) is 2.71. The molecule has 0 saturated carbocycles. The highest BCUT2D eigenvalue weighted by Gasteiger charge is 2.22. The number of rotatable bonds is 9. The molecular formula is C22H30FIN4O2. The molecule has 8 heteroatoms. The van der Waals surface area contributed by atoms with Gasteiger partial charge in [0.15, 0.2) is 5.96 Å². The smallest absolute Gasteiger partial charge is 0.224 e. The minimum atomic E-state index is -1.08. The molecular weight excluding hydrogens is 498 g/mol. The van der Waals surface area contributed by atoms with Crippen molar-refractivity contribution in [3.8, 4) is 0 Å². The third-order valence-corrected chi connectivity index (χ3v) is 4.30. The number of nitrogens with one attached hydrogen (secondary N) is 3. The Hall–Kier alpha value is -2.20. The van der Waals surface area contributed by atoms with E-state index in [1.54, 1.807) is 19.1 Å². The van der Waals surface area contributed by atoms with Gasteiger partial charge in [-0.15, -0.1) is 24.0 Å². The number of benzene rings is 2. The standard InChI is InChI=1S/C22H29FN4O2.HI/c1-3-24-21(27-16-22(2,29)18-7-5-4-6-8-18)26-14-13-25-20(28)15-17-9-11-19(23)12-10-17;/h4-12,29H,3,13-16H2,1-2H3,(H,25,28)(H2,24,26,27);1H. The van der Waals surface area contributed by atoms with Crippen molar-refractivity contribution in [2.75, 3.05) is 26.2 Å². The molecule has 2 rings (SSSR count). The van der Waals surface area contributed by atoms with Crippen molar-refractivity contribution in [3.05, 3.63) is 71.5 Å². The Balaban J connectivity index is 0.00000450. The van der Waals surface area contributed by atoms with Crippen LogP contribution in [0.1, 0.15) is 25.0 Å². The number of aliphatic imine (C=N–C) groups is 1.